The highest BCUT2D eigenvalue weighted by atomic mass is 28.3. The summed E-state index contributed by atoms with van der Waals surface area (Å²) >= 11 is 0. The quantitative estimate of drug-likeness (QED) is 0.360. The molecule has 6 rings (SSSR count). The summed E-state index contributed by atoms with van der Waals surface area (Å²) in [6, 6.07) is 5.62. The predicted octanol–water partition coefficient (Wildman–Crippen LogP) is 3.00. The highest BCUT2D eigenvalue weighted by Gasteiger charge is 2.43. The van der Waals surface area contributed by atoms with Gasteiger partial charge in [-0.15, -0.1) is 0 Å². The molecule has 2 saturated heterocycles. The van der Waals surface area contributed by atoms with Gasteiger partial charge in [0.1, 0.15) is 32.5 Å². The van der Waals surface area contributed by atoms with E-state index in [0.29, 0.717) is 11.1 Å². The first-order valence-electron chi connectivity index (χ1n) is 12.8. The van der Waals surface area contributed by atoms with Crippen molar-refractivity contribution in [1.82, 2.24) is 0 Å². The molecule has 2 fully saturated rings. The molecular weight excluding hydrogens is 525 g/mol. The molecule has 200 valence electrons. The van der Waals surface area contributed by atoms with E-state index in [1.807, 2.05) is 24.3 Å². The summed E-state index contributed by atoms with van der Waals surface area (Å²) in [5, 5.41) is 23.4. The number of anilines is 1. The van der Waals surface area contributed by atoms with E-state index in [-0.39, 0.29) is 5.57 Å². The predicted molar refractivity (Wildman–Crippen MR) is 141 cm³/mol. The molecule has 2 aromatic rings. The molecular formula is C29H25F3N2O4Si. The first kappa shape index (κ1) is 25.4. The third-order valence-electron chi connectivity index (χ3n) is 8.32. The summed E-state index contributed by atoms with van der Waals surface area (Å²) in [5.74, 6) is -9.86. The second-order valence-corrected chi connectivity index (χ2v) is 15.1. The normalized spacial score (nSPS) is 19.2. The van der Waals surface area contributed by atoms with Crippen LogP contribution in [0.15, 0.2) is 47.2 Å². The van der Waals surface area contributed by atoms with Crippen LogP contribution < -0.4 is 15.2 Å². The van der Waals surface area contributed by atoms with E-state index in [0.717, 1.165) is 60.8 Å². The van der Waals surface area contributed by atoms with Crippen molar-refractivity contribution in [1.29, 1.82) is 0 Å². The lowest BCUT2D eigenvalue weighted by atomic mass is 9.85. The van der Waals surface area contributed by atoms with Crippen LogP contribution in [-0.4, -0.2) is 61.6 Å². The Bertz CT molecular complexity index is 1630. The van der Waals surface area contributed by atoms with Crippen molar-refractivity contribution in [3.63, 3.8) is 0 Å². The molecule has 0 aromatic heterocycles. The molecule has 2 aromatic carbocycles. The van der Waals surface area contributed by atoms with Gasteiger partial charge >= 0.3 is 5.97 Å². The van der Waals surface area contributed by atoms with Crippen LogP contribution in [-0.2, 0) is 0 Å². The zero-order chi connectivity index (χ0) is 27.8. The smallest absolute Gasteiger partial charge is 0.341 e. The van der Waals surface area contributed by atoms with Gasteiger partial charge in [0.25, 0.3) is 0 Å². The maximum Gasteiger partial charge on any atom is 0.341 e. The molecule has 10 heteroatoms. The second-order valence-electron chi connectivity index (χ2n) is 10.8. The van der Waals surface area contributed by atoms with Crippen molar-refractivity contribution < 1.29 is 37.5 Å². The van der Waals surface area contributed by atoms with Gasteiger partial charge in [0.15, 0.2) is 17.3 Å². The first-order valence-corrected chi connectivity index (χ1v) is 15.8. The van der Waals surface area contributed by atoms with Crippen molar-refractivity contribution in [3.8, 4) is 0 Å². The van der Waals surface area contributed by atoms with Crippen molar-refractivity contribution >= 4 is 42.2 Å². The average molecular weight is 551 g/mol. The number of carbonyl (C=O) groups excluding carboxylic acids is 1. The highest BCUT2D eigenvalue weighted by molar-refractivity contribution is 6.98. The molecule has 0 amide bonds. The average Bonchev–Trinajstić information content (AvgIpc) is 2.80. The van der Waals surface area contributed by atoms with Crippen LogP contribution >= 0.6 is 0 Å². The summed E-state index contributed by atoms with van der Waals surface area (Å²) in [4.78, 5) is 26.2. The molecule has 0 spiro atoms. The van der Waals surface area contributed by atoms with E-state index in [1.165, 1.54) is 0 Å². The Hall–Kier alpha value is -3.92. The van der Waals surface area contributed by atoms with Gasteiger partial charge in [0.2, 0.25) is 0 Å². The standard InChI is InChI=1S/C29H25F3N2O4Si/c1-39(2)19-13-15(33-9-3-10-33)5-7-17(19)21(18-8-6-16(14-20(18)39)34-11-4-12-34)22-23(28(35)36)26(31)27(32)24(25(22)30)29(37)38/h5-8,13-14H,3-4,9-12H2,1-2H3,(H-,35,36,37,38). The van der Waals surface area contributed by atoms with Crippen LogP contribution in [0.25, 0.3) is 5.57 Å². The van der Waals surface area contributed by atoms with Gasteiger partial charge in [-0.2, -0.15) is 0 Å². The Morgan fingerprint density at radius 2 is 1.69 bits per heavy atom. The lowest BCUT2D eigenvalue weighted by Crippen LogP contribution is -2.50. The largest absolute Gasteiger partial charge is 0.545 e. The van der Waals surface area contributed by atoms with E-state index >= 15 is 8.78 Å². The fourth-order valence-electron chi connectivity index (χ4n) is 5.91. The molecule has 3 heterocycles. The minimum Gasteiger partial charge on any atom is -0.545 e. The molecule has 0 bridgehead atoms. The second kappa shape index (κ2) is 8.80. The zero-order valence-electron chi connectivity index (χ0n) is 21.4. The number of fused-ring (bicyclic) bond motifs is 2. The highest BCUT2D eigenvalue weighted by Crippen LogP contribution is 2.45. The number of nitrogens with zero attached hydrogens (tertiary/aromatic N) is 2. The maximum atomic E-state index is 16.0. The summed E-state index contributed by atoms with van der Waals surface area (Å²) in [6.45, 7) is 7.85. The van der Waals surface area contributed by atoms with E-state index in [2.05, 4.69) is 22.6 Å². The van der Waals surface area contributed by atoms with Crippen LogP contribution in [0.5, 0.6) is 0 Å². The Balaban J connectivity index is 1.74. The first-order chi connectivity index (χ1) is 18.5. The summed E-state index contributed by atoms with van der Waals surface area (Å²) in [7, 11) is -2.50. The number of carboxylic acid groups (broad SMARTS) is 2. The van der Waals surface area contributed by atoms with E-state index in [9.17, 15) is 24.2 Å². The topological polar surface area (TPSA) is 83.7 Å². The SMILES string of the molecule is C[Si]1(C)C2=CC(=[N+]3CCC3)C=CC2=C(c2c(F)c(C(=O)O)c(F)c(F)c2C(=O)[O-])c2ccc(N3CCC3)cc21. The zero-order valence-corrected chi connectivity index (χ0v) is 22.4. The molecule has 6 nitrogen and oxygen atoms in total. The van der Waals surface area contributed by atoms with Gasteiger partial charge in [0, 0.05) is 42.1 Å². The molecule has 1 aliphatic carbocycles. The van der Waals surface area contributed by atoms with E-state index < -0.39 is 54.2 Å². The van der Waals surface area contributed by atoms with E-state index in [1.54, 1.807) is 12.1 Å². The van der Waals surface area contributed by atoms with Crippen molar-refractivity contribution in [2.24, 2.45) is 0 Å². The van der Waals surface area contributed by atoms with Gasteiger partial charge < -0.3 is 19.9 Å². The number of halogens is 3. The van der Waals surface area contributed by atoms with Crippen LogP contribution in [0.2, 0.25) is 13.1 Å². The number of carbonyl (C=O) groups is 2. The fourth-order valence-corrected chi connectivity index (χ4v) is 8.98. The molecule has 39 heavy (non-hydrogen) atoms. The molecule has 4 aliphatic rings. The number of hydrogen-bond acceptors (Lipinski definition) is 4. The van der Waals surface area contributed by atoms with Crippen LogP contribution in [0.3, 0.4) is 0 Å². The van der Waals surface area contributed by atoms with Crippen LogP contribution in [0.1, 0.15) is 44.7 Å². The van der Waals surface area contributed by atoms with Gasteiger partial charge in [-0.1, -0.05) is 19.2 Å². The number of allylic oxidation sites excluding steroid dienone is 5. The van der Waals surface area contributed by atoms with Gasteiger partial charge in [-0.3, -0.25) is 0 Å². The lowest BCUT2D eigenvalue weighted by Gasteiger charge is -2.40. The Morgan fingerprint density at radius 1 is 1.00 bits per heavy atom. The molecule has 0 saturated carbocycles. The number of aromatic carboxylic acids is 2. The van der Waals surface area contributed by atoms with Crippen LogP contribution in [0.4, 0.5) is 18.9 Å². The molecule has 0 atom stereocenters. The van der Waals surface area contributed by atoms with Crippen molar-refractivity contribution in [2.75, 3.05) is 31.1 Å². The molecule has 1 N–H and O–H groups in total. The minimum absolute atomic E-state index is 0.0234. The van der Waals surface area contributed by atoms with Gasteiger partial charge in [-0.25, -0.2) is 22.5 Å². The van der Waals surface area contributed by atoms with Crippen molar-refractivity contribution in [2.45, 2.75) is 25.9 Å². The molecule has 0 unspecified atom stereocenters. The van der Waals surface area contributed by atoms with Gasteiger partial charge in [-0.05, 0) is 51.7 Å². The third-order valence-corrected chi connectivity index (χ3v) is 11.8. The number of benzene rings is 2. The fraction of sp³-hybridized carbons (Fsp3) is 0.276. The lowest BCUT2D eigenvalue weighted by molar-refractivity contribution is -0.582. The summed E-state index contributed by atoms with van der Waals surface area (Å²) < 4.78 is 48.0. The van der Waals surface area contributed by atoms with E-state index in [4.69, 9.17) is 0 Å². The number of rotatable bonds is 4. The Morgan fingerprint density at radius 3 is 2.26 bits per heavy atom. The summed E-state index contributed by atoms with van der Waals surface area (Å²) in [5.41, 5.74) is -0.769. The van der Waals surface area contributed by atoms with Crippen molar-refractivity contribution in [3.05, 3.63) is 86.9 Å². The Kier molecular flexibility index (Phi) is 5.72. The minimum atomic E-state index is -2.50. The van der Waals surface area contributed by atoms with Gasteiger partial charge in [0.05, 0.1) is 12.4 Å². The molecule has 0 radical (unpaired) electrons. The monoisotopic (exact) mass is 550 g/mol. The number of hydrogen-bond donors (Lipinski definition) is 1. The maximum absolute atomic E-state index is 16.0. The number of carboxylic acids is 2. The third kappa shape index (κ3) is 3.65. The van der Waals surface area contributed by atoms with Crippen LogP contribution in [0, 0.1) is 17.5 Å². The Labute approximate surface area is 223 Å². The molecule has 3 aliphatic heterocycles. The summed E-state index contributed by atoms with van der Waals surface area (Å²) in [6.07, 6.45) is 7.74.